The Hall–Kier alpha value is -3.88. The molecule has 0 spiro atoms. The molecule has 5 N–H and O–H groups in total. The van der Waals surface area contributed by atoms with Gasteiger partial charge in [0, 0.05) is 25.3 Å². The Balaban J connectivity index is 1.49. The van der Waals surface area contributed by atoms with Crippen LogP contribution in [-0.4, -0.2) is 48.5 Å². The number of primary amides is 1. The maximum atomic E-state index is 13.1. The van der Waals surface area contributed by atoms with Crippen LogP contribution in [0.5, 0.6) is 0 Å². The van der Waals surface area contributed by atoms with Gasteiger partial charge in [-0.05, 0) is 55.0 Å². The quantitative estimate of drug-likeness (QED) is 0.220. The minimum atomic E-state index is -0.731. The van der Waals surface area contributed by atoms with E-state index >= 15 is 0 Å². The maximum absolute atomic E-state index is 13.1. The summed E-state index contributed by atoms with van der Waals surface area (Å²) in [6.45, 7) is 3.43. The molecule has 1 fully saturated rings. The second-order valence-corrected chi connectivity index (χ2v) is 8.58. The molecule has 186 valence electrons. The van der Waals surface area contributed by atoms with Crippen LogP contribution < -0.4 is 16.8 Å². The highest BCUT2D eigenvalue weighted by Gasteiger charge is 2.29. The SMILES string of the molecule is C[C@@H]1CN(C(=O)OCCCc2ccccc2)CC[C@H]1N/C=C(/C(N)=O)C(N)=Nc1ccc(F)cc1. The highest BCUT2D eigenvalue weighted by molar-refractivity contribution is 6.20. The Morgan fingerprint density at radius 2 is 1.89 bits per heavy atom. The van der Waals surface area contributed by atoms with Crippen molar-refractivity contribution in [2.24, 2.45) is 22.4 Å². The van der Waals surface area contributed by atoms with E-state index in [1.54, 1.807) is 4.90 Å². The number of benzene rings is 2. The Morgan fingerprint density at radius 3 is 2.54 bits per heavy atom. The third-order valence-electron chi connectivity index (χ3n) is 5.90. The Bertz CT molecular complexity index is 1060. The summed E-state index contributed by atoms with van der Waals surface area (Å²) in [7, 11) is 0. The molecular weight excluding hydrogens is 449 g/mol. The second-order valence-electron chi connectivity index (χ2n) is 8.58. The first kappa shape index (κ1) is 25.7. The van der Waals surface area contributed by atoms with Crippen molar-refractivity contribution in [1.29, 1.82) is 0 Å². The number of amides is 2. The van der Waals surface area contributed by atoms with Gasteiger partial charge in [-0.15, -0.1) is 0 Å². The predicted molar refractivity (Wildman–Crippen MR) is 133 cm³/mol. The van der Waals surface area contributed by atoms with Crippen molar-refractivity contribution in [3.8, 4) is 0 Å². The van der Waals surface area contributed by atoms with Gasteiger partial charge in [0.1, 0.15) is 11.7 Å². The highest BCUT2D eigenvalue weighted by Crippen LogP contribution is 2.19. The van der Waals surface area contributed by atoms with Crippen molar-refractivity contribution in [2.75, 3.05) is 19.7 Å². The fourth-order valence-corrected chi connectivity index (χ4v) is 3.91. The molecule has 2 aromatic rings. The van der Waals surface area contributed by atoms with Crippen LogP contribution in [0.15, 0.2) is 71.4 Å². The van der Waals surface area contributed by atoms with Crippen LogP contribution in [0.3, 0.4) is 0 Å². The van der Waals surface area contributed by atoms with E-state index in [0.29, 0.717) is 31.8 Å². The average Bonchev–Trinajstić information content (AvgIpc) is 2.84. The number of nitrogens with two attached hydrogens (primary N) is 2. The van der Waals surface area contributed by atoms with E-state index in [-0.39, 0.29) is 29.5 Å². The number of carbonyl (C=O) groups excluding carboxylic acids is 2. The van der Waals surface area contributed by atoms with E-state index in [9.17, 15) is 14.0 Å². The number of hydrogen-bond donors (Lipinski definition) is 3. The molecule has 1 aliphatic rings. The van der Waals surface area contributed by atoms with Crippen LogP contribution in [0.1, 0.15) is 25.3 Å². The zero-order chi connectivity index (χ0) is 25.2. The van der Waals surface area contributed by atoms with Crippen LogP contribution >= 0.6 is 0 Å². The number of aliphatic imine (C=N–C) groups is 1. The molecule has 0 unspecified atom stereocenters. The lowest BCUT2D eigenvalue weighted by atomic mass is 9.94. The first-order chi connectivity index (χ1) is 16.8. The van der Waals surface area contributed by atoms with Gasteiger partial charge >= 0.3 is 6.09 Å². The standard InChI is InChI=1S/C26H32FN5O3/c1-18-17-32(26(34)35-15-5-8-19-6-3-2-4-7-19)14-13-23(18)30-16-22(25(29)33)24(28)31-21-11-9-20(27)10-12-21/h2-4,6-7,9-12,16,18,23,30H,5,8,13-15,17H2,1H3,(H2,28,31)(H2,29,33)/b22-16+/t18-,23-/m1/s1. The summed E-state index contributed by atoms with van der Waals surface area (Å²) < 4.78 is 18.5. The number of nitrogens with one attached hydrogen (secondary N) is 1. The summed E-state index contributed by atoms with van der Waals surface area (Å²) in [5.41, 5.74) is 13.1. The number of ether oxygens (including phenoxy) is 1. The molecule has 3 rings (SSSR count). The van der Waals surface area contributed by atoms with Gasteiger partial charge in [0.05, 0.1) is 17.9 Å². The number of hydrogen-bond acceptors (Lipinski definition) is 5. The summed E-state index contributed by atoms with van der Waals surface area (Å²) in [6.07, 6.45) is 3.44. The molecule has 0 aromatic heterocycles. The zero-order valence-electron chi connectivity index (χ0n) is 19.8. The smallest absolute Gasteiger partial charge is 0.409 e. The normalized spacial score (nSPS) is 18.7. The summed E-state index contributed by atoms with van der Waals surface area (Å²) in [6, 6.07) is 15.5. The largest absolute Gasteiger partial charge is 0.449 e. The van der Waals surface area contributed by atoms with Gasteiger partial charge in [0.15, 0.2) is 0 Å². The zero-order valence-corrected chi connectivity index (χ0v) is 19.8. The molecule has 1 aliphatic heterocycles. The fourth-order valence-electron chi connectivity index (χ4n) is 3.91. The Kier molecular flexibility index (Phi) is 9.23. The van der Waals surface area contributed by atoms with E-state index in [1.165, 1.54) is 36.0 Å². The second kappa shape index (κ2) is 12.5. The molecule has 2 aromatic carbocycles. The van der Waals surface area contributed by atoms with Crippen molar-refractivity contribution in [2.45, 2.75) is 32.2 Å². The molecule has 9 heteroatoms. The third-order valence-corrected chi connectivity index (χ3v) is 5.90. The number of carbonyl (C=O) groups is 2. The molecule has 2 amide bonds. The van der Waals surface area contributed by atoms with E-state index < -0.39 is 11.7 Å². The lowest BCUT2D eigenvalue weighted by molar-refractivity contribution is -0.114. The molecule has 8 nitrogen and oxygen atoms in total. The number of likely N-dealkylation sites (tertiary alicyclic amines) is 1. The summed E-state index contributed by atoms with van der Waals surface area (Å²) in [4.78, 5) is 30.2. The van der Waals surface area contributed by atoms with Gasteiger partial charge in [-0.25, -0.2) is 14.2 Å². The third kappa shape index (κ3) is 7.84. The van der Waals surface area contributed by atoms with Crippen LogP contribution in [-0.2, 0) is 16.0 Å². The van der Waals surface area contributed by atoms with Gasteiger partial charge in [-0.1, -0.05) is 37.3 Å². The Morgan fingerprint density at radius 1 is 1.17 bits per heavy atom. The van der Waals surface area contributed by atoms with Crippen LogP contribution in [0.4, 0.5) is 14.9 Å². The summed E-state index contributed by atoms with van der Waals surface area (Å²) >= 11 is 0. The number of nitrogens with zero attached hydrogens (tertiary/aromatic N) is 2. The van der Waals surface area contributed by atoms with Gasteiger partial charge in [-0.2, -0.15) is 0 Å². The summed E-state index contributed by atoms with van der Waals surface area (Å²) in [5.74, 6) is -1.10. The average molecular weight is 482 g/mol. The molecule has 2 atom stereocenters. The van der Waals surface area contributed by atoms with Crippen molar-refractivity contribution >= 4 is 23.5 Å². The topological polar surface area (TPSA) is 123 Å². The molecule has 0 radical (unpaired) electrons. The maximum Gasteiger partial charge on any atom is 0.409 e. The van der Waals surface area contributed by atoms with Crippen molar-refractivity contribution < 1.29 is 18.7 Å². The number of aryl methyl sites for hydroxylation is 1. The van der Waals surface area contributed by atoms with E-state index in [1.807, 2.05) is 25.1 Å². The molecule has 0 bridgehead atoms. The minimum Gasteiger partial charge on any atom is -0.449 e. The first-order valence-electron chi connectivity index (χ1n) is 11.6. The van der Waals surface area contributed by atoms with E-state index in [0.717, 1.165) is 12.8 Å². The lowest BCUT2D eigenvalue weighted by Gasteiger charge is -2.36. The number of halogens is 1. The molecule has 35 heavy (non-hydrogen) atoms. The van der Waals surface area contributed by atoms with Gasteiger partial charge in [0.2, 0.25) is 0 Å². The number of rotatable bonds is 9. The number of piperidine rings is 1. The fraction of sp³-hybridized carbons (Fsp3) is 0.346. The Labute approximate surface area is 204 Å². The van der Waals surface area contributed by atoms with Gasteiger partial charge < -0.3 is 26.4 Å². The van der Waals surface area contributed by atoms with E-state index in [2.05, 4.69) is 22.4 Å². The highest BCUT2D eigenvalue weighted by atomic mass is 19.1. The minimum absolute atomic E-state index is 0.00472. The van der Waals surface area contributed by atoms with Crippen LogP contribution in [0.2, 0.25) is 0 Å². The molecule has 1 saturated heterocycles. The lowest BCUT2D eigenvalue weighted by Crippen LogP contribution is -2.49. The molecule has 1 heterocycles. The van der Waals surface area contributed by atoms with Crippen LogP contribution in [0.25, 0.3) is 0 Å². The van der Waals surface area contributed by atoms with Crippen LogP contribution in [0, 0.1) is 11.7 Å². The van der Waals surface area contributed by atoms with Gasteiger partial charge in [0.25, 0.3) is 5.91 Å². The van der Waals surface area contributed by atoms with Gasteiger partial charge in [-0.3, -0.25) is 4.79 Å². The number of amidine groups is 1. The monoisotopic (exact) mass is 481 g/mol. The molecule has 0 aliphatic carbocycles. The summed E-state index contributed by atoms with van der Waals surface area (Å²) in [5, 5.41) is 3.20. The predicted octanol–water partition coefficient (Wildman–Crippen LogP) is 3.25. The molecular formula is C26H32FN5O3. The first-order valence-corrected chi connectivity index (χ1v) is 11.6. The van der Waals surface area contributed by atoms with Crippen molar-refractivity contribution in [3.05, 3.63) is 77.8 Å². The molecule has 0 saturated carbocycles. The van der Waals surface area contributed by atoms with Crippen molar-refractivity contribution in [3.63, 3.8) is 0 Å². The van der Waals surface area contributed by atoms with Crippen molar-refractivity contribution in [1.82, 2.24) is 10.2 Å². The van der Waals surface area contributed by atoms with E-state index in [4.69, 9.17) is 16.2 Å².